The molecule has 2 aliphatic heterocycles. The van der Waals surface area contributed by atoms with E-state index in [1.165, 1.54) is 0 Å². The van der Waals surface area contributed by atoms with Crippen LogP contribution in [-0.2, 0) is 9.47 Å². The van der Waals surface area contributed by atoms with Crippen molar-refractivity contribution in [2.45, 2.75) is 12.2 Å². The molecule has 6 heteroatoms. The number of aliphatic imine (C=N–C) groups is 1. The van der Waals surface area contributed by atoms with Crippen LogP contribution in [0.3, 0.4) is 0 Å². The van der Waals surface area contributed by atoms with E-state index in [9.17, 15) is 0 Å². The molecule has 2 atom stereocenters. The van der Waals surface area contributed by atoms with Gasteiger partial charge in [-0.25, -0.2) is 0 Å². The van der Waals surface area contributed by atoms with Gasteiger partial charge in [0, 0.05) is 6.21 Å². The highest BCUT2D eigenvalue weighted by molar-refractivity contribution is 5.83. The van der Waals surface area contributed by atoms with Crippen LogP contribution in [0, 0.1) is 0 Å². The molecular weight excluding hydrogens is 334 g/mol. The predicted molar refractivity (Wildman–Crippen MR) is 97.2 cm³/mol. The zero-order chi connectivity index (χ0) is 17.8. The SMILES string of the molecule is COc1cc(C=Nc2ccc(OCC3CO3)cc2)ccc1OCC1CO1. The van der Waals surface area contributed by atoms with E-state index in [-0.39, 0.29) is 12.2 Å². The van der Waals surface area contributed by atoms with Gasteiger partial charge in [0.25, 0.3) is 0 Å². The van der Waals surface area contributed by atoms with E-state index < -0.39 is 0 Å². The van der Waals surface area contributed by atoms with Crippen molar-refractivity contribution >= 4 is 11.9 Å². The maximum atomic E-state index is 5.71. The zero-order valence-electron chi connectivity index (χ0n) is 14.6. The average molecular weight is 355 g/mol. The Morgan fingerprint density at radius 3 is 2.31 bits per heavy atom. The second kappa shape index (κ2) is 7.76. The summed E-state index contributed by atoms with van der Waals surface area (Å²) in [6.07, 6.45) is 2.26. The largest absolute Gasteiger partial charge is 0.493 e. The van der Waals surface area contributed by atoms with Gasteiger partial charge in [0.1, 0.15) is 31.2 Å². The molecule has 136 valence electrons. The van der Waals surface area contributed by atoms with Crippen LogP contribution in [0.5, 0.6) is 17.2 Å². The molecule has 2 heterocycles. The molecule has 2 aliphatic rings. The standard InChI is InChI=1S/C20H21NO5/c1-22-20-8-14(2-7-19(20)26-13-18-12-25-18)9-21-15-3-5-16(6-4-15)23-10-17-11-24-17/h2-9,17-18H,10-13H2,1H3. The summed E-state index contributed by atoms with van der Waals surface area (Å²) in [7, 11) is 1.63. The normalized spacial score (nSPS) is 20.8. The molecule has 4 rings (SSSR count). The second-order valence-electron chi connectivity index (χ2n) is 6.20. The van der Waals surface area contributed by atoms with Gasteiger partial charge in [-0.05, 0) is 48.0 Å². The van der Waals surface area contributed by atoms with Gasteiger partial charge in [0.2, 0.25) is 0 Å². The molecule has 0 bridgehead atoms. The first kappa shape index (κ1) is 16.9. The van der Waals surface area contributed by atoms with Crippen molar-refractivity contribution in [2.75, 3.05) is 33.5 Å². The van der Waals surface area contributed by atoms with Crippen LogP contribution in [-0.4, -0.2) is 52.0 Å². The van der Waals surface area contributed by atoms with Crippen molar-refractivity contribution in [3.05, 3.63) is 48.0 Å². The number of epoxide rings is 2. The monoisotopic (exact) mass is 355 g/mol. The first-order chi connectivity index (χ1) is 12.8. The summed E-state index contributed by atoms with van der Waals surface area (Å²) in [6, 6.07) is 13.4. The number of hydrogen-bond donors (Lipinski definition) is 0. The van der Waals surface area contributed by atoms with E-state index in [4.69, 9.17) is 23.7 Å². The van der Waals surface area contributed by atoms with Gasteiger partial charge < -0.3 is 23.7 Å². The van der Waals surface area contributed by atoms with Crippen LogP contribution in [0.25, 0.3) is 0 Å². The van der Waals surface area contributed by atoms with Crippen molar-refractivity contribution in [3.63, 3.8) is 0 Å². The van der Waals surface area contributed by atoms with Crippen LogP contribution in [0.1, 0.15) is 5.56 Å². The van der Waals surface area contributed by atoms with Gasteiger partial charge in [0.05, 0.1) is 26.0 Å². The maximum Gasteiger partial charge on any atom is 0.161 e. The Bertz CT molecular complexity index is 766. The smallest absolute Gasteiger partial charge is 0.161 e. The molecule has 2 saturated heterocycles. The summed E-state index contributed by atoms with van der Waals surface area (Å²) >= 11 is 0. The fourth-order valence-electron chi connectivity index (χ4n) is 2.36. The fraction of sp³-hybridized carbons (Fsp3) is 0.350. The number of nitrogens with zero attached hydrogens (tertiary/aromatic N) is 1. The highest BCUT2D eigenvalue weighted by Gasteiger charge is 2.24. The minimum absolute atomic E-state index is 0.213. The van der Waals surface area contributed by atoms with Crippen LogP contribution < -0.4 is 14.2 Å². The Morgan fingerprint density at radius 2 is 1.65 bits per heavy atom. The van der Waals surface area contributed by atoms with E-state index in [1.54, 1.807) is 13.3 Å². The summed E-state index contributed by atoms with van der Waals surface area (Å²) in [5.74, 6) is 2.21. The topological polar surface area (TPSA) is 65.1 Å². The summed E-state index contributed by atoms with van der Waals surface area (Å²) in [4.78, 5) is 4.49. The van der Waals surface area contributed by atoms with Gasteiger partial charge in [-0.15, -0.1) is 0 Å². The second-order valence-corrected chi connectivity index (χ2v) is 6.20. The van der Waals surface area contributed by atoms with Gasteiger partial charge in [-0.2, -0.15) is 0 Å². The van der Waals surface area contributed by atoms with E-state index in [0.29, 0.717) is 24.7 Å². The molecule has 2 unspecified atom stereocenters. The Kier molecular flexibility index (Phi) is 5.04. The number of benzene rings is 2. The summed E-state index contributed by atoms with van der Waals surface area (Å²) in [5, 5.41) is 0. The Balaban J connectivity index is 1.37. The lowest BCUT2D eigenvalue weighted by molar-refractivity contribution is 0.252. The van der Waals surface area contributed by atoms with Crippen LogP contribution in [0.4, 0.5) is 5.69 Å². The molecular formula is C20H21NO5. The summed E-state index contributed by atoms with van der Waals surface area (Å²) < 4.78 is 27.0. The Hall–Kier alpha value is -2.57. The van der Waals surface area contributed by atoms with E-state index in [1.807, 2.05) is 42.5 Å². The number of rotatable bonds is 9. The summed E-state index contributed by atoms with van der Waals surface area (Å²) in [6.45, 7) is 2.71. The highest BCUT2D eigenvalue weighted by atomic mass is 16.6. The van der Waals surface area contributed by atoms with Crippen LogP contribution >= 0.6 is 0 Å². The number of hydrogen-bond acceptors (Lipinski definition) is 6. The lowest BCUT2D eigenvalue weighted by Crippen LogP contribution is -2.05. The number of methoxy groups -OCH3 is 1. The minimum Gasteiger partial charge on any atom is -0.493 e. The van der Waals surface area contributed by atoms with Crippen molar-refractivity contribution in [2.24, 2.45) is 4.99 Å². The third kappa shape index (κ3) is 4.74. The van der Waals surface area contributed by atoms with Crippen molar-refractivity contribution in [3.8, 4) is 17.2 Å². The first-order valence-corrected chi connectivity index (χ1v) is 8.61. The molecule has 0 radical (unpaired) electrons. The molecule has 2 aromatic carbocycles. The van der Waals surface area contributed by atoms with Gasteiger partial charge in [-0.1, -0.05) is 0 Å². The van der Waals surface area contributed by atoms with Crippen LogP contribution in [0.15, 0.2) is 47.5 Å². The quantitative estimate of drug-likeness (QED) is 0.511. The van der Waals surface area contributed by atoms with Crippen molar-refractivity contribution < 1.29 is 23.7 Å². The Labute approximate surface area is 152 Å². The van der Waals surface area contributed by atoms with E-state index in [2.05, 4.69) is 4.99 Å². The molecule has 2 fully saturated rings. The first-order valence-electron chi connectivity index (χ1n) is 8.61. The highest BCUT2D eigenvalue weighted by Crippen LogP contribution is 2.29. The van der Waals surface area contributed by atoms with Crippen molar-refractivity contribution in [1.29, 1.82) is 0 Å². The average Bonchev–Trinajstić information content (AvgIpc) is 3.58. The zero-order valence-corrected chi connectivity index (χ0v) is 14.6. The Morgan fingerprint density at radius 1 is 0.962 bits per heavy atom. The van der Waals surface area contributed by atoms with E-state index >= 15 is 0 Å². The molecule has 26 heavy (non-hydrogen) atoms. The number of ether oxygens (including phenoxy) is 5. The molecule has 0 saturated carbocycles. The van der Waals surface area contributed by atoms with Gasteiger partial charge in [-0.3, -0.25) is 4.99 Å². The summed E-state index contributed by atoms with van der Waals surface area (Å²) in [5.41, 5.74) is 1.79. The van der Waals surface area contributed by atoms with Crippen LogP contribution in [0.2, 0.25) is 0 Å². The minimum atomic E-state index is 0.213. The predicted octanol–water partition coefficient (Wildman–Crippen LogP) is 3.00. The molecule has 0 spiro atoms. The maximum absolute atomic E-state index is 5.71. The third-order valence-corrected chi connectivity index (χ3v) is 4.05. The molecule has 0 amide bonds. The van der Waals surface area contributed by atoms with Crippen molar-refractivity contribution in [1.82, 2.24) is 0 Å². The molecule has 2 aromatic rings. The van der Waals surface area contributed by atoms with Gasteiger partial charge >= 0.3 is 0 Å². The molecule has 0 N–H and O–H groups in total. The fourth-order valence-corrected chi connectivity index (χ4v) is 2.36. The molecule has 0 aliphatic carbocycles. The van der Waals surface area contributed by atoms with E-state index in [0.717, 1.165) is 30.2 Å². The lowest BCUT2D eigenvalue weighted by Gasteiger charge is -2.10. The lowest BCUT2D eigenvalue weighted by atomic mass is 10.2. The third-order valence-electron chi connectivity index (χ3n) is 4.05. The van der Waals surface area contributed by atoms with Gasteiger partial charge in [0.15, 0.2) is 11.5 Å². The molecule has 0 aromatic heterocycles. The molecule has 6 nitrogen and oxygen atoms in total.